The number of hydrogen-bond donors (Lipinski definition) is 0. The maximum atomic E-state index is 13.7. The van der Waals surface area contributed by atoms with E-state index in [2.05, 4.69) is 11.1 Å². The number of methoxy groups -OCH3 is 2. The summed E-state index contributed by atoms with van der Waals surface area (Å²) in [6.07, 6.45) is 6.19. The Morgan fingerprint density at radius 1 is 1.19 bits per heavy atom. The van der Waals surface area contributed by atoms with Crippen molar-refractivity contribution in [2.24, 2.45) is 0 Å². The van der Waals surface area contributed by atoms with Gasteiger partial charge in [0.1, 0.15) is 0 Å². The number of anilines is 1. The number of imidazole rings is 1. The summed E-state index contributed by atoms with van der Waals surface area (Å²) >= 11 is 1.52. The predicted molar refractivity (Wildman–Crippen MR) is 130 cm³/mol. The van der Waals surface area contributed by atoms with E-state index in [4.69, 9.17) is 14.5 Å². The Morgan fingerprint density at radius 2 is 2.03 bits per heavy atom. The minimum absolute atomic E-state index is 0. The molecule has 0 unspecified atom stereocenters. The van der Waals surface area contributed by atoms with Gasteiger partial charge in [-0.3, -0.25) is 9.69 Å². The molecule has 0 aliphatic heterocycles. The van der Waals surface area contributed by atoms with E-state index >= 15 is 0 Å². The van der Waals surface area contributed by atoms with Crippen molar-refractivity contribution in [2.75, 3.05) is 25.7 Å². The smallest absolute Gasteiger partial charge is 0.263 e. The monoisotopic (exact) mass is 472 g/mol. The van der Waals surface area contributed by atoms with Crippen molar-refractivity contribution >= 4 is 45.0 Å². The van der Waals surface area contributed by atoms with E-state index in [0.29, 0.717) is 28.7 Å². The summed E-state index contributed by atoms with van der Waals surface area (Å²) < 4.78 is 13.9. The van der Waals surface area contributed by atoms with Gasteiger partial charge in [-0.05, 0) is 43.2 Å². The van der Waals surface area contributed by atoms with Gasteiger partial charge in [-0.25, -0.2) is 9.97 Å². The number of aryl methyl sites for hydroxylation is 2. The summed E-state index contributed by atoms with van der Waals surface area (Å²) in [7, 11) is 3.10. The van der Waals surface area contributed by atoms with Crippen molar-refractivity contribution in [3.05, 3.63) is 66.2 Å². The minimum Gasteiger partial charge on any atom is -0.493 e. The van der Waals surface area contributed by atoms with Crippen LogP contribution in [0.15, 0.2) is 55.1 Å². The molecule has 1 amide bonds. The van der Waals surface area contributed by atoms with E-state index < -0.39 is 0 Å². The number of para-hydroxylation sites is 1. The van der Waals surface area contributed by atoms with Gasteiger partial charge in [-0.15, -0.1) is 12.4 Å². The third kappa shape index (κ3) is 4.87. The molecule has 0 bridgehead atoms. The second-order valence-electron chi connectivity index (χ2n) is 7.12. The molecule has 168 valence electrons. The van der Waals surface area contributed by atoms with Gasteiger partial charge in [0.05, 0.1) is 36.3 Å². The van der Waals surface area contributed by atoms with Crippen LogP contribution in [0.1, 0.15) is 22.3 Å². The minimum atomic E-state index is -0.169. The Bertz CT molecular complexity index is 1190. The summed E-state index contributed by atoms with van der Waals surface area (Å²) in [5, 5.41) is 0.668. The molecule has 32 heavy (non-hydrogen) atoms. The molecule has 2 heterocycles. The molecule has 0 spiro atoms. The van der Waals surface area contributed by atoms with E-state index in [9.17, 15) is 4.79 Å². The first-order chi connectivity index (χ1) is 15.1. The highest BCUT2D eigenvalue weighted by atomic mass is 35.5. The zero-order valence-electron chi connectivity index (χ0n) is 18.1. The second-order valence-corrected chi connectivity index (χ2v) is 8.13. The largest absolute Gasteiger partial charge is 0.493 e. The highest BCUT2D eigenvalue weighted by Gasteiger charge is 2.25. The molecule has 4 aromatic rings. The van der Waals surface area contributed by atoms with E-state index in [1.165, 1.54) is 11.3 Å². The molecule has 0 radical (unpaired) electrons. The lowest BCUT2D eigenvalue weighted by atomic mass is 10.1. The SMILES string of the molecule is COc1cccc(C(=O)N(CCCn2ccnc2)c2nc3ccc(C)cc3s2)c1OC.Cl. The molecule has 0 aliphatic rings. The van der Waals surface area contributed by atoms with Crippen molar-refractivity contribution in [2.45, 2.75) is 19.9 Å². The maximum Gasteiger partial charge on any atom is 0.263 e. The summed E-state index contributed by atoms with van der Waals surface area (Å²) in [4.78, 5) is 24.2. The molecule has 2 aromatic heterocycles. The third-order valence-corrected chi connectivity index (χ3v) is 6.04. The number of hydrogen-bond acceptors (Lipinski definition) is 6. The fraction of sp³-hybridized carbons (Fsp3) is 0.261. The number of benzene rings is 2. The lowest BCUT2D eigenvalue weighted by Gasteiger charge is -2.22. The van der Waals surface area contributed by atoms with Crippen LogP contribution in [0.2, 0.25) is 0 Å². The van der Waals surface area contributed by atoms with Crippen molar-refractivity contribution in [3.8, 4) is 11.5 Å². The van der Waals surface area contributed by atoms with Crippen LogP contribution < -0.4 is 14.4 Å². The molecule has 9 heteroatoms. The van der Waals surface area contributed by atoms with Gasteiger partial charge in [0.2, 0.25) is 0 Å². The van der Waals surface area contributed by atoms with Gasteiger partial charge in [-0.2, -0.15) is 0 Å². The molecule has 2 aromatic carbocycles. The molecule has 0 saturated heterocycles. The number of fused-ring (bicyclic) bond motifs is 1. The number of aromatic nitrogens is 3. The van der Waals surface area contributed by atoms with Gasteiger partial charge in [0.25, 0.3) is 5.91 Å². The molecule has 4 rings (SSSR count). The van der Waals surface area contributed by atoms with Crippen LogP contribution in [0.25, 0.3) is 10.2 Å². The van der Waals surface area contributed by atoms with Crippen LogP contribution >= 0.6 is 23.7 Å². The summed E-state index contributed by atoms with van der Waals surface area (Å²) in [5.41, 5.74) is 2.49. The van der Waals surface area contributed by atoms with Crippen LogP contribution in [-0.4, -0.2) is 41.2 Å². The molecule has 0 N–H and O–H groups in total. The van der Waals surface area contributed by atoms with Gasteiger partial charge >= 0.3 is 0 Å². The fourth-order valence-corrected chi connectivity index (χ4v) is 4.54. The lowest BCUT2D eigenvalue weighted by molar-refractivity contribution is 0.0982. The van der Waals surface area contributed by atoms with E-state index in [1.807, 2.05) is 29.8 Å². The lowest BCUT2D eigenvalue weighted by Crippen LogP contribution is -2.32. The Hall–Kier alpha value is -3.10. The quantitative estimate of drug-likeness (QED) is 0.362. The van der Waals surface area contributed by atoms with Crippen LogP contribution in [0.4, 0.5) is 5.13 Å². The van der Waals surface area contributed by atoms with Crippen molar-refractivity contribution < 1.29 is 14.3 Å². The highest BCUT2D eigenvalue weighted by molar-refractivity contribution is 7.22. The normalized spacial score (nSPS) is 10.6. The summed E-state index contributed by atoms with van der Waals surface area (Å²) in [5.74, 6) is 0.773. The first kappa shape index (κ1) is 23.6. The first-order valence-electron chi connectivity index (χ1n) is 9.96. The average Bonchev–Trinajstić information content (AvgIpc) is 3.45. The van der Waals surface area contributed by atoms with Gasteiger partial charge in [-0.1, -0.05) is 23.5 Å². The van der Waals surface area contributed by atoms with Gasteiger partial charge in [0, 0.05) is 25.5 Å². The highest BCUT2D eigenvalue weighted by Crippen LogP contribution is 2.35. The number of nitrogens with zero attached hydrogens (tertiary/aromatic N) is 4. The van der Waals surface area contributed by atoms with Crippen LogP contribution in [0.5, 0.6) is 11.5 Å². The van der Waals surface area contributed by atoms with Gasteiger partial charge in [0.15, 0.2) is 16.6 Å². The summed E-state index contributed by atoms with van der Waals surface area (Å²) in [6.45, 7) is 3.31. The predicted octanol–water partition coefficient (Wildman–Crippen LogP) is 4.98. The number of ether oxygens (including phenoxy) is 2. The van der Waals surface area contributed by atoms with E-state index in [0.717, 1.165) is 28.7 Å². The number of halogens is 1. The van der Waals surface area contributed by atoms with Gasteiger partial charge < -0.3 is 14.0 Å². The first-order valence-corrected chi connectivity index (χ1v) is 10.8. The Kier molecular flexibility index (Phi) is 7.71. The number of thiazole rings is 1. The zero-order valence-corrected chi connectivity index (χ0v) is 19.8. The average molecular weight is 473 g/mol. The molecule has 0 fully saturated rings. The number of carbonyl (C=O) groups excluding carboxylic acids is 1. The molecule has 0 atom stereocenters. The molecule has 7 nitrogen and oxygen atoms in total. The van der Waals surface area contributed by atoms with Crippen LogP contribution in [0.3, 0.4) is 0 Å². The van der Waals surface area contributed by atoms with Crippen LogP contribution in [-0.2, 0) is 6.54 Å². The van der Waals surface area contributed by atoms with Crippen LogP contribution in [0, 0.1) is 6.92 Å². The molecule has 0 aliphatic carbocycles. The van der Waals surface area contributed by atoms with Crippen molar-refractivity contribution in [3.63, 3.8) is 0 Å². The Balaban J connectivity index is 0.00000289. The molecular formula is C23H25ClN4O3S. The van der Waals surface area contributed by atoms with Crippen molar-refractivity contribution in [1.29, 1.82) is 0 Å². The number of amides is 1. The molecular weight excluding hydrogens is 448 g/mol. The zero-order chi connectivity index (χ0) is 21.8. The van der Waals surface area contributed by atoms with E-state index in [-0.39, 0.29) is 18.3 Å². The maximum absolute atomic E-state index is 13.7. The fourth-order valence-electron chi connectivity index (χ4n) is 3.45. The summed E-state index contributed by atoms with van der Waals surface area (Å²) in [6, 6.07) is 11.4. The molecule has 0 saturated carbocycles. The standard InChI is InChI=1S/C23H24N4O3S.ClH/c1-16-8-9-18-20(14-16)31-23(25-18)27(12-5-11-26-13-10-24-15-26)22(28)17-6-4-7-19(29-2)21(17)30-3;/h4,6-10,13-15H,5,11-12H2,1-3H3;1H. The van der Waals surface area contributed by atoms with E-state index in [1.54, 1.807) is 49.8 Å². The van der Waals surface area contributed by atoms with Crippen molar-refractivity contribution in [1.82, 2.24) is 14.5 Å². The third-order valence-electron chi connectivity index (χ3n) is 5.00. The number of carbonyl (C=O) groups is 1. The number of rotatable bonds is 8. The second kappa shape index (κ2) is 10.5. The Labute approximate surface area is 197 Å². The topological polar surface area (TPSA) is 69.5 Å². The Morgan fingerprint density at radius 3 is 2.75 bits per heavy atom.